The maximum atomic E-state index is 10.6. The van der Waals surface area contributed by atoms with Crippen LogP contribution in [0.5, 0.6) is 0 Å². The van der Waals surface area contributed by atoms with E-state index in [9.17, 15) is 10.1 Å². The van der Waals surface area contributed by atoms with Crippen LogP contribution in [0.1, 0.15) is 5.56 Å². The fraction of sp³-hybridized carbons (Fsp3) is 0. The second-order valence-corrected chi connectivity index (χ2v) is 6.58. The second kappa shape index (κ2) is 7.60. The Morgan fingerprint density at radius 1 is 1.20 bits per heavy atom. The first kappa shape index (κ1) is 17.3. The van der Waals surface area contributed by atoms with Gasteiger partial charge in [0.2, 0.25) is 5.13 Å². The van der Waals surface area contributed by atoms with E-state index >= 15 is 0 Å². The molecule has 0 saturated heterocycles. The number of nitro benzene ring substituents is 1. The molecule has 1 aromatic heterocycles. The number of benzene rings is 2. The molecule has 0 saturated carbocycles. The monoisotopic (exact) mass is 392 g/mol. The summed E-state index contributed by atoms with van der Waals surface area (Å²) in [6.07, 6.45) is 1.56. The van der Waals surface area contributed by atoms with Crippen LogP contribution in [-0.2, 0) is 0 Å². The molecule has 0 fully saturated rings. The van der Waals surface area contributed by atoms with Crippen LogP contribution in [0.4, 0.5) is 10.8 Å². The van der Waals surface area contributed by atoms with Gasteiger partial charge in [0, 0.05) is 28.1 Å². The van der Waals surface area contributed by atoms with Gasteiger partial charge >= 0.3 is 0 Å². The maximum absolute atomic E-state index is 10.6. The van der Waals surface area contributed by atoms with Crippen molar-refractivity contribution in [3.05, 3.63) is 73.6 Å². The molecule has 3 aromatic rings. The minimum Gasteiger partial charge on any atom is -0.258 e. The van der Waals surface area contributed by atoms with E-state index in [0.717, 1.165) is 16.8 Å². The Morgan fingerprint density at radius 3 is 2.64 bits per heavy atom. The molecule has 0 amide bonds. The molecule has 0 aliphatic carbocycles. The van der Waals surface area contributed by atoms with Crippen LogP contribution in [0.25, 0.3) is 11.3 Å². The van der Waals surface area contributed by atoms with Gasteiger partial charge in [-0.15, -0.1) is 11.3 Å². The summed E-state index contributed by atoms with van der Waals surface area (Å²) in [7, 11) is 0. The predicted octanol–water partition coefficient (Wildman–Crippen LogP) is 5.47. The summed E-state index contributed by atoms with van der Waals surface area (Å²) in [4.78, 5) is 14.6. The van der Waals surface area contributed by atoms with Crippen molar-refractivity contribution in [3.8, 4) is 11.3 Å². The van der Waals surface area contributed by atoms with Gasteiger partial charge in [0.15, 0.2) is 0 Å². The molecule has 0 aliphatic heterocycles. The molecule has 2 aromatic carbocycles. The van der Waals surface area contributed by atoms with Crippen LogP contribution in [0.15, 0.2) is 52.9 Å². The number of aromatic nitrogens is 1. The highest BCUT2D eigenvalue weighted by Gasteiger charge is 2.08. The molecular formula is C16H10Cl2N4O2S. The van der Waals surface area contributed by atoms with E-state index < -0.39 is 4.92 Å². The number of nitro groups is 1. The van der Waals surface area contributed by atoms with Crippen molar-refractivity contribution >= 4 is 51.6 Å². The van der Waals surface area contributed by atoms with Gasteiger partial charge in [0.25, 0.3) is 5.69 Å². The number of hydrazone groups is 1. The Labute approximate surface area is 156 Å². The summed E-state index contributed by atoms with van der Waals surface area (Å²) < 4.78 is 0. The summed E-state index contributed by atoms with van der Waals surface area (Å²) in [6.45, 7) is 0. The molecule has 25 heavy (non-hydrogen) atoms. The van der Waals surface area contributed by atoms with Crippen molar-refractivity contribution in [2.75, 3.05) is 5.43 Å². The molecule has 0 aliphatic rings. The lowest BCUT2D eigenvalue weighted by Crippen LogP contribution is -1.91. The van der Waals surface area contributed by atoms with Crippen molar-refractivity contribution in [2.45, 2.75) is 0 Å². The largest absolute Gasteiger partial charge is 0.269 e. The number of hydrogen-bond donors (Lipinski definition) is 1. The predicted molar refractivity (Wildman–Crippen MR) is 102 cm³/mol. The number of halogens is 2. The summed E-state index contributed by atoms with van der Waals surface area (Å²) >= 11 is 13.4. The Balaban J connectivity index is 1.68. The number of nitrogens with one attached hydrogen (secondary N) is 1. The van der Waals surface area contributed by atoms with Gasteiger partial charge in [0.1, 0.15) is 0 Å². The third-order valence-corrected chi connectivity index (χ3v) is 4.48. The van der Waals surface area contributed by atoms with Gasteiger partial charge in [-0.05, 0) is 35.9 Å². The molecule has 0 radical (unpaired) electrons. The first-order chi connectivity index (χ1) is 12.0. The van der Waals surface area contributed by atoms with Gasteiger partial charge in [-0.1, -0.05) is 23.2 Å². The van der Waals surface area contributed by atoms with Crippen LogP contribution in [0.2, 0.25) is 10.0 Å². The molecule has 9 heteroatoms. The van der Waals surface area contributed by atoms with Crippen LogP contribution in [0, 0.1) is 10.1 Å². The van der Waals surface area contributed by atoms with Crippen molar-refractivity contribution < 1.29 is 4.92 Å². The summed E-state index contributed by atoms with van der Waals surface area (Å²) in [5.74, 6) is 0. The molecule has 0 bridgehead atoms. The minimum atomic E-state index is -0.446. The zero-order chi connectivity index (χ0) is 17.8. The van der Waals surface area contributed by atoms with Crippen molar-refractivity contribution in [1.82, 2.24) is 4.98 Å². The minimum absolute atomic E-state index is 0.0366. The lowest BCUT2D eigenvalue weighted by molar-refractivity contribution is -0.384. The Hall–Kier alpha value is -2.48. The Morgan fingerprint density at radius 2 is 1.96 bits per heavy atom. The first-order valence-corrected chi connectivity index (χ1v) is 8.61. The number of hydrogen-bond acceptors (Lipinski definition) is 6. The van der Waals surface area contributed by atoms with E-state index in [2.05, 4.69) is 15.5 Å². The number of nitrogens with zero attached hydrogens (tertiary/aromatic N) is 3. The smallest absolute Gasteiger partial charge is 0.258 e. The van der Waals surface area contributed by atoms with E-state index in [-0.39, 0.29) is 5.69 Å². The van der Waals surface area contributed by atoms with Gasteiger partial charge < -0.3 is 0 Å². The molecule has 1 N–H and O–H groups in total. The third kappa shape index (κ3) is 4.33. The highest BCUT2D eigenvalue weighted by Crippen LogP contribution is 2.32. The first-order valence-electron chi connectivity index (χ1n) is 6.97. The number of thiazole rings is 1. The molecule has 0 unspecified atom stereocenters. The quantitative estimate of drug-likeness (QED) is 0.354. The average Bonchev–Trinajstić information content (AvgIpc) is 3.04. The molecule has 0 spiro atoms. The Kier molecular flexibility index (Phi) is 5.28. The van der Waals surface area contributed by atoms with E-state index in [4.69, 9.17) is 23.2 Å². The lowest BCUT2D eigenvalue weighted by atomic mass is 10.2. The highest BCUT2D eigenvalue weighted by atomic mass is 35.5. The van der Waals surface area contributed by atoms with Gasteiger partial charge in [-0.25, -0.2) is 4.98 Å². The van der Waals surface area contributed by atoms with Crippen molar-refractivity contribution in [2.24, 2.45) is 5.10 Å². The maximum Gasteiger partial charge on any atom is 0.269 e. The standard InChI is InChI=1S/C16H10Cl2N4O2S/c17-11-3-6-13(14(18)7-11)15-9-25-16(20-15)21-19-8-10-1-4-12(5-2-10)22(23)24/h1-9H,(H,20,21)/b19-8-. The van der Waals surface area contributed by atoms with E-state index in [1.54, 1.807) is 30.5 Å². The fourth-order valence-electron chi connectivity index (χ4n) is 1.99. The van der Waals surface area contributed by atoms with Crippen molar-refractivity contribution in [1.29, 1.82) is 0 Å². The third-order valence-electron chi connectivity index (χ3n) is 3.19. The van der Waals surface area contributed by atoms with Gasteiger partial charge in [0.05, 0.1) is 21.9 Å². The highest BCUT2D eigenvalue weighted by molar-refractivity contribution is 7.14. The fourth-order valence-corrected chi connectivity index (χ4v) is 3.15. The van der Waals surface area contributed by atoms with Crippen LogP contribution < -0.4 is 5.43 Å². The Bertz CT molecular complexity index is 942. The van der Waals surface area contributed by atoms with E-state index in [1.165, 1.54) is 23.5 Å². The SMILES string of the molecule is O=[N+]([O-])c1ccc(/C=N\Nc2nc(-c3ccc(Cl)cc3Cl)cs2)cc1. The number of anilines is 1. The average molecular weight is 393 g/mol. The van der Waals surface area contributed by atoms with Gasteiger partial charge in [-0.3, -0.25) is 15.5 Å². The zero-order valence-corrected chi connectivity index (χ0v) is 14.8. The second-order valence-electron chi connectivity index (χ2n) is 4.88. The van der Waals surface area contributed by atoms with Crippen LogP contribution in [-0.4, -0.2) is 16.1 Å². The van der Waals surface area contributed by atoms with Crippen LogP contribution in [0.3, 0.4) is 0 Å². The molecule has 6 nitrogen and oxygen atoms in total. The van der Waals surface area contributed by atoms with E-state index in [0.29, 0.717) is 15.2 Å². The molecule has 126 valence electrons. The summed E-state index contributed by atoms with van der Waals surface area (Å²) in [5, 5.41) is 18.2. The molecule has 0 atom stereocenters. The molecule has 3 rings (SSSR count). The van der Waals surface area contributed by atoms with Crippen molar-refractivity contribution in [3.63, 3.8) is 0 Å². The molecular weight excluding hydrogens is 383 g/mol. The number of rotatable bonds is 5. The summed E-state index contributed by atoms with van der Waals surface area (Å²) in [5.41, 5.74) is 5.10. The zero-order valence-electron chi connectivity index (χ0n) is 12.5. The summed E-state index contributed by atoms with van der Waals surface area (Å²) in [6, 6.07) is 11.3. The van der Waals surface area contributed by atoms with Crippen LogP contribution >= 0.6 is 34.5 Å². The van der Waals surface area contributed by atoms with E-state index in [1.807, 2.05) is 11.4 Å². The normalized spacial score (nSPS) is 11.0. The van der Waals surface area contributed by atoms with Gasteiger partial charge in [-0.2, -0.15) is 5.10 Å². The lowest BCUT2D eigenvalue weighted by Gasteiger charge is -2.00. The number of non-ortho nitro benzene ring substituents is 1. The molecule has 1 heterocycles. The topological polar surface area (TPSA) is 80.4 Å².